The fourth-order valence-corrected chi connectivity index (χ4v) is 8.09. The van der Waals surface area contributed by atoms with Crippen molar-refractivity contribution in [2.75, 3.05) is 38.0 Å². The van der Waals surface area contributed by atoms with Gasteiger partial charge in [0, 0.05) is 55.7 Å². The lowest BCUT2D eigenvalue weighted by Crippen LogP contribution is -2.14. The monoisotopic (exact) mass is 1140 g/mol. The third-order valence-corrected chi connectivity index (χ3v) is 12.6. The first kappa shape index (κ1) is 58.3. The van der Waals surface area contributed by atoms with E-state index in [1.165, 1.54) is 55.6 Å². The number of aromatic nitrogens is 3. The second-order valence-corrected chi connectivity index (χ2v) is 20.5. The maximum Gasteiger partial charge on any atom is 0.425 e. The molecule has 5 aromatic carbocycles. The first-order chi connectivity index (χ1) is 34.9. The Balaban J connectivity index is 0.00000244. The number of hydrogen-bond donors (Lipinski definition) is 6. The predicted octanol–water partition coefficient (Wildman–Crippen LogP) is 6.82. The first-order valence-corrected chi connectivity index (χ1v) is 27.1. The maximum atomic E-state index is 12.0. The summed E-state index contributed by atoms with van der Waals surface area (Å²) in [4.78, 5) is 13.1. The van der Waals surface area contributed by atoms with Gasteiger partial charge in [-0.05, 0) is 65.7 Å². The summed E-state index contributed by atoms with van der Waals surface area (Å²) in [5.41, 5.74) is 2.74. The predicted molar refractivity (Wildman–Crippen MR) is 264 cm³/mol. The van der Waals surface area contributed by atoms with Crippen molar-refractivity contribution in [1.29, 1.82) is 0 Å². The molecule has 6 rings (SSSR count). The zero-order chi connectivity index (χ0) is 54.2. The van der Waals surface area contributed by atoms with Gasteiger partial charge in [0.2, 0.25) is 5.95 Å². The van der Waals surface area contributed by atoms with Crippen LogP contribution in [0.15, 0.2) is 121 Å². The largest absolute Gasteiger partial charge is 0.495 e. The Morgan fingerprint density at radius 2 is 1.14 bits per heavy atom. The molecule has 0 saturated heterocycles. The van der Waals surface area contributed by atoms with Gasteiger partial charge in [-0.25, -0.2) is 4.98 Å². The summed E-state index contributed by atoms with van der Waals surface area (Å²) in [5.74, 6) is -0.304. The average molecular weight is 1140 g/mol. The van der Waals surface area contributed by atoms with Crippen LogP contribution in [0, 0.1) is 0 Å². The fraction of sp³-hybridized carbons (Fsp3) is 0.233. The lowest BCUT2D eigenvalue weighted by atomic mass is 10.1. The van der Waals surface area contributed by atoms with E-state index in [1.54, 1.807) is 36.4 Å². The number of aliphatic hydroxyl groups is 2. The Kier molecular flexibility index (Phi) is 20.9. The van der Waals surface area contributed by atoms with E-state index in [9.17, 15) is 49.1 Å². The normalized spacial score (nSPS) is 11.8. The van der Waals surface area contributed by atoms with Crippen LogP contribution in [0.25, 0.3) is 0 Å². The fourth-order valence-electron chi connectivity index (χ4n) is 6.20. The molecular formula is C43H42Cl2N8O17S4. The lowest BCUT2D eigenvalue weighted by Gasteiger charge is -2.15. The molecule has 6 N–H and O–H groups in total. The molecule has 0 fully saturated rings. The second-order valence-electron chi connectivity index (χ2n) is 14.9. The van der Waals surface area contributed by atoms with E-state index in [1.807, 2.05) is 0 Å². The number of methoxy groups -OCH3 is 1. The lowest BCUT2D eigenvalue weighted by molar-refractivity contribution is 0.232. The van der Waals surface area contributed by atoms with Crippen LogP contribution in [0.5, 0.6) is 17.2 Å². The number of halogens is 2. The summed E-state index contributed by atoms with van der Waals surface area (Å²) in [6.07, 6.45) is 0.115. The van der Waals surface area contributed by atoms with Crippen LogP contribution in [0.1, 0.15) is 40.3 Å². The number of nitrogens with one attached hydrogen (secondary N) is 1. The number of anilines is 1. The van der Waals surface area contributed by atoms with Crippen molar-refractivity contribution in [1.82, 2.24) is 15.0 Å². The molecule has 0 aliphatic rings. The molecule has 6 aromatic rings. The second kappa shape index (κ2) is 26.5. The molecule has 0 unspecified atom stereocenters. The molecule has 394 valence electrons. The van der Waals surface area contributed by atoms with Crippen LogP contribution in [-0.2, 0) is 67.0 Å². The van der Waals surface area contributed by atoms with Crippen molar-refractivity contribution in [2.24, 2.45) is 20.5 Å². The highest BCUT2D eigenvalue weighted by atomic mass is 35.5. The van der Waals surface area contributed by atoms with Crippen molar-refractivity contribution in [3.8, 4) is 17.2 Å². The summed E-state index contributed by atoms with van der Waals surface area (Å²) in [6.45, 7) is -0.652. The molecule has 0 saturated carbocycles. The summed E-state index contributed by atoms with van der Waals surface area (Å²) in [5, 5.41) is 38.9. The van der Waals surface area contributed by atoms with Crippen molar-refractivity contribution in [3.05, 3.63) is 135 Å². The van der Waals surface area contributed by atoms with Crippen LogP contribution in [0.2, 0.25) is 10.0 Å². The van der Waals surface area contributed by atoms with E-state index in [0.29, 0.717) is 34.5 Å². The zero-order valence-corrected chi connectivity index (χ0v) is 43.0. The number of azo groups is 2. The van der Waals surface area contributed by atoms with Gasteiger partial charge in [0.1, 0.15) is 57.5 Å². The molecule has 31 heteroatoms. The Hall–Kier alpha value is -6.64. The van der Waals surface area contributed by atoms with Gasteiger partial charge < -0.3 is 29.7 Å². The van der Waals surface area contributed by atoms with Gasteiger partial charge >= 0.3 is 10.6 Å². The minimum Gasteiger partial charge on any atom is -0.495 e. The molecule has 0 aliphatic carbocycles. The highest BCUT2D eigenvalue weighted by Crippen LogP contribution is 2.38. The Morgan fingerprint density at radius 3 is 1.62 bits per heavy atom. The molecule has 74 heavy (non-hydrogen) atoms. The van der Waals surface area contributed by atoms with E-state index in [4.69, 9.17) is 55.0 Å². The molecule has 1 heterocycles. The molecule has 0 radical (unpaired) electrons. The van der Waals surface area contributed by atoms with Gasteiger partial charge in [-0.1, -0.05) is 47.5 Å². The van der Waals surface area contributed by atoms with Crippen LogP contribution < -0.4 is 19.5 Å². The summed E-state index contributed by atoms with van der Waals surface area (Å²) < 4.78 is 141. The van der Waals surface area contributed by atoms with Crippen molar-refractivity contribution in [3.63, 3.8) is 0 Å². The zero-order valence-electron chi connectivity index (χ0n) is 38.2. The minimum absolute atomic E-state index is 0.00574. The van der Waals surface area contributed by atoms with Gasteiger partial charge in [0.15, 0.2) is 0 Å². The van der Waals surface area contributed by atoms with E-state index < -0.39 is 58.2 Å². The van der Waals surface area contributed by atoms with E-state index in [0.717, 1.165) is 6.07 Å². The SMILES string of the molecule is COc1ccc(N=Nc2cc(OCCS(=O)(=O)O)c(Cc3nc(Cc4cc(Cl)c(N=Nc5ccc(CO)cc5)cc4OCCCO)nc(NCc4ccc(S(=O)(=O)O)cc4)n3)cc2Cl)cc1S(=O)(=O)O.O=S(=O)=O. The third-order valence-electron chi connectivity index (χ3n) is 9.61. The number of hydrogen-bond acceptors (Lipinski definition) is 22. The Morgan fingerprint density at radius 1 is 0.622 bits per heavy atom. The van der Waals surface area contributed by atoms with Crippen molar-refractivity contribution < 1.29 is 76.0 Å². The van der Waals surface area contributed by atoms with Crippen molar-refractivity contribution in [2.45, 2.75) is 42.2 Å². The first-order valence-electron chi connectivity index (χ1n) is 20.9. The number of rotatable bonds is 23. The maximum absolute atomic E-state index is 12.0. The van der Waals surface area contributed by atoms with E-state index >= 15 is 0 Å². The van der Waals surface area contributed by atoms with E-state index in [-0.39, 0.29) is 106 Å². The van der Waals surface area contributed by atoms with Crippen molar-refractivity contribution >= 4 is 92.9 Å². The molecule has 0 spiro atoms. The number of ether oxygens (including phenoxy) is 3. The van der Waals surface area contributed by atoms with Gasteiger partial charge in [-0.15, -0.1) is 22.9 Å². The van der Waals surface area contributed by atoms with Crippen LogP contribution >= 0.6 is 23.2 Å². The van der Waals surface area contributed by atoms with Crippen LogP contribution in [-0.4, -0.2) is 109 Å². The van der Waals surface area contributed by atoms with Gasteiger partial charge in [0.05, 0.1) is 46.6 Å². The average Bonchev–Trinajstić information content (AvgIpc) is 3.33. The number of nitrogens with zero attached hydrogens (tertiary/aromatic N) is 7. The van der Waals surface area contributed by atoms with Gasteiger partial charge in [-0.3, -0.25) is 13.7 Å². The highest BCUT2D eigenvalue weighted by molar-refractivity contribution is 7.86. The smallest absolute Gasteiger partial charge is 0.425 e. The highest BCUT2D eigenvalue weighted by Gasteiger charge is 2.20. The quantitative estimate of drug-likeness (QED) is 0.0218. The molecule has 25 nitrogen and oxygen atoms in total. The molecule has 1 aromatic heterocycles. The van der Waals surface area contributed by atoms with Crippen LogP contribution in [0.3, 0.4) is 0 Å². The Bertz CT molecular complexity index is 3480. The number of benzene rings is 5. The standard InChI is InChI=1S/C43H42Cl2N8O14S3.O3S/c1-65-37-12-9-31(21-40(37)70(62,63)64)51-53-36-23-39(67-15-16-68(56,57)58)29(18-34(36)45)20-42-47-41(48-43(49-42)46-24-26-5-10-32(11-6-26)69(59,60)61)19-28-17-33(44)35(22-38(28)66-14-2-13-54)52-50-30-7-3-27(25-55)4-8-30;1-4(2)3/h3-12,17-18,21-23,54-55H,2,13-16,19-20,24-25H2,1H3,(H,56,57,58)(H,59,60,61)(H,62,63,64)(H,46,47,48,49);. The molecule has 0 bridgehead atoms. The van der Waals surface area contributed by atoms with Gasteiger partial charge in [0.25, 0.3) is 30.4 Å². The third kappa shape index (κ3) is 18.4. The summed E-state index contributed by atoms with van der Waals surface area (Å²) in [6, 6.07) is 21.6. The van der Waals surface area contributed by atoms with Gasteiger partial charge in [-0.2, -0.15) is 45.4 Å². The van der Waals surface area contributed by atoms with Crippen LogP contribution in [0.4, 0.5) is 28.7 Å². The topological polar surface area (TPSA) is 383 Å². The van der Waals surface area contributed by atoms with E-state index in [2.05, 4.69) is 35.7 Å². The Labute approximate surface area is 434 Å². The number of aliphatic hydroxyl groups excluding tert-OH is 2. The molecule has 0 aliphatic heterocycles. The summed E-state index contributed by atoms with van der Waals surface area (Å²) in [7, 11) is -15.5. The molecule has 0 atom stereocenters. The molecular weight excluding hydrogens is 1100 g/mol. The minimum atomic E-state index is -4.72. The molecule has 0 amide bonds. The summed E-state index contributed by atoms with van der Waals surface area (Å²) >= 11 is 13.4.